The number of carbonyl (C=O) groups excluding carboxylic acids is 2. The van der Waals surface area contributed by atoms with E-state index in [0.29, 0.717) is 5.75 Å². The van der Waals surface area contributed by atoms with Crippen LogP contribution in [0.5, 0.6) is 5.75 Å². The van der Waals surface area contributed by atoms with Gasteiger partial charge in [0.15, 0.2) is 6.61 Å². The number of hydrogen-bond donors (Lipinski definition) is 1. The van der Waals surface area contributed by atoms with Crippen molar-refractivity contribution in [3.8, 4) is 5.75 Å². The average Bonchev–Trinajstić information content (AvgIpc) is 3.01. The van der Waals surface area contributed by atoms with Crippen LogP contribution in [0.3, 0.4) is 0 Å². The van der Waals surface area contributed by atoms with Crippen LogP contribution in [0.4, 0.5) is 23.7 Å². The molecule has 1 heterocycles. The molecule has 1 aliphatic heterocycles. The molecular formula is C23H25F3N2O5. The zero-order valence-corrected chi connectivity index (χ0v) is 18.5. The Bertz CT molecular complexity index is 1000. The fourth-order valence-electron chi connectivity index (χ4n) is 3.73. The van der Waals surface area contributed by atoms with Crippen molar-refractivity contribution < 1.29 is 37.3 Å². The number of ether oxygens (including phenoxy) is 2. The number of aliphatic hydroxyl groups is 1. The Balaban J connectivity index is 1.72. The number of aliphatic hydroxyl groups excluding tert-OH is 1. The monoisotopic (exact) mass is 466 g/mol. The van der Waals surface area contributed by atoms with Crippen LogP contribution in [0.1, 0.15) is 29.2 Å². The molecule has 0 radical (unpaired) electrons. The normalized spacial score (nSPS) is 16.3. The van der Waals surface area contributed by atoms with Gasteiger partial charge in [-0.1, -0.05) is 12.1 Å². The predicted molar refractivity (Wildman–Crippen MR) is 114 cm³/mol. The van der Waals surface area contributed by atoms with Gasteiger partial charge in [0.2, 0.25) is 0 Å². The third-order valence-corrected chi connectivity index (χ3v) is 5.20. The number of hydrogen-bond acceptors (Lipinski definition) is 5. The second kappa shape index (κ2) is 9.70. The summed E-state index contributed by atoms with van der Waals surface area (Å²) in [7, 11) is 0. The van der Waals surface area contributed by atoms with Crippen LogP contribution in [0, 0.1) is 13.8 Å². The first kappa shape index (κ1) is 24.4. The number of carbonyl (C=O) groups is 2. The number of amides is 2. The van der Waals surface area contributed by atoms with E-state index in [-0.39, 0.29) is 32.0 Å². The van der Waals surface area contributed by atoms with Gasteiger partial charge in [0, 0.05) is 5.69 Å². The number of anilines is 1. The molecule has 1 fully saturated rings. The molecule has 1 aliphatic rings. The minimum absolute atomic E-state index is 0.0666. The summed E-state index contributed by atoms with van der Waals surface area (Å²) in [5, 5.41) is 10.4. The van der Waals surface area contributed by atoms with E-state index in [1.165, 1.54) is 21.9 Å². The summed E-state index contributed by atoms with van der Waals surface area (Å²) in [4.78, 5) is 26.9. The highest BCUT2D eigenvalue weighted by molar-refractivity contribution is 5.94. The van der Waals surface area contributed by atoms with Crippen molar-refractivity contribution >= 4 is 17.7 Å². The lowest BCUT2D eigenvalue weighted by atomic mass is 10.1. The van der Waals surface area contributed by atoms with Gasteiger partial charge in [-0.05, 0) is 61.7 Å². The van der Waals surface area contributed by atoms with Gasteiger partial charge >= 0.3 is 18.2 Å². The Morgan fingerprint density at radius 3 is 2.30 bits per heavy atom. The summed E-state index contributed by atoms with van der Waals surface area (Å²) in [5.41, 5.74) is 1.68. The molecule has 7 nitrogen and oxygen atoms in total. The van der Waals surface area contributed by atoms with Crippen molar-refractivity contribution in [2.75, 3.05) is 24.7 Å². The second-order valence-corrected chi connectivity index (χ2v) is 7.70. The third kappa shape index (κ3) is 5.57. The largest absolute Gasteiger partial charge is 0.481 e. The van der Waals surface area contributed by atoms with E-state index in [1.54, 1.807) is 32.9 Å². The average molecular weight is 466 g/mol. The molecule has 33 heavy (non-hydrogen) atoms. The van der Waals surface area contributed by atoms with Crippen LogP contribution in [0.2, 0.25) is 0 Å². The van der Waals surface area contributed by atoms with E-state index >= 15 is 0 Å². The van der Waals surface area contributed by atoms with Gasteiger partial charge in [0.05, 0.1) is 25.3 Å². The van der Waals surface area contributed by atoms with Crippen molar-refractivity contribution in [3.05, 3.63) is 58.7 Å². The molecule has 1 atom stereocenters. The topological polar surface area (TPSA) is 79.3 Å². The van der Waals surface area contributed by atoms with Gasteiger partial charge in [-0.3, -0.25) is 9.80 Å². The molecule has 1 saturated heterocycles. The summed E-state index contributed by atoms with van der Waals surface area (Å²) in [6, 6.07) is 7.28. The summed E-state index contributed by atoms with van der Waals surface area (Å²) in [5.74, 6) is 0.0565. The lowest BCUT2D eigenvalue weighted by Crippen LogP contribution is -2.34. The summed E-state index contributed by atoms with van der Waals surface area (Å²) in [6.45, 7) is 5.37. The number of rotatable bonds is 7. The molecule has 0 aliphatic carbocycles. The van der Waals surface area contributed by atoms with Gasteiger partial charge in [0.25, 0.3) is 0 Å². The molecule has 2 aromatic rings. The molecule has 1 N–H and O–H groups in total. The lowest BCUT2D eigenvalue weighted by molar-refractivity contribution is -0.145. The minimum Gasteiger partial charge on any atom is -0.481 e. The molecule has 3 rings (SSSR count). The Morgan fingerprint density at radius 1 is 1.15 bits per heavy atom. The maximum Gasteiger partial charge on any atom is 0.416 e. The van der Waals surface area contributed by atoms with Gasteiger partial charge in [-0.2, -0.15) is 13.2 Å². The molecule has 0 saturated carbocycles. The molecule has 10 heteroatoms. The summed E-state index contributed by atoms with van der Waals surface area (Å²) in [6.07, 6.45) is -5.60. The first-order valence-electron chi connectivity index (χ1n) is 10.3. The minimum atomic E-state index is -4.47. The molecule has 2 aromatic carbocycles. The molecule has 0 aromatic heterocycles. The number of halogens is 3. The number of aryl methyl sites for hydroxylation is 2. The molecular weight excluding hydrogens is 441 g/mol. The van der Waals surface area contributed by atoms with Crippen LogP contribution < -0.4 is 9.64 Å². The summed E-state index contributed by atoms with van der Waals surface area (Å²) < 4.78 is 48.8. The molecule has 2 amide bonds. The Labute approximate surface area is 189 Å². The first-order valence-corrected chi connectivity index (χ1v) is 10.3. The van der Waals surface area contributed by atoms with Crippen molar-refractivity contribution in [1.82, 2.24) is 4.90 Å². The highest BCUT2D eigenvalue weighted by Crippen LogP contribution is 2.32. The predicted octanol–water partition coefficient (Wildman–Crippen LogP) is 4.02. The molecule has 0 bridgehead atoms. The first-order chi connectivity index (χ1) is 15.5. The number of alkyl halides is 3. The second-order valence-electron chi connectivity index (χ2n) is 7.70. The smallest absolute Gasteiger partial charge is 0.416 e. The van der Waals surface area contributed by atoms with Gasteiger partial charge in [-0.25, -0.2) is 9.59 Å². The van der Waals surface area contributed by atoms with E-state index < -0.39 is 30.0 Å². The molecule has 1 unspecified atom stereocenters. The number of urea groups is 1. The quantitative estimate of drug-likeness (QED) is 0.624. The van der Waals surface area contributed by atoms with Gasteiger partial charge in [-0.15, -0.1) is 0 Å². The van der Waals surface area contributed by atoms with E-state index in [2.05, 4.69) is 0 Å². The standard InChI is InChI=1S/C23H25F3N2O5/c1-4-32-20(30)13-33-21-14(2)9-16(10-15(21)3)11-28-19(29)12-27(22(28)31)18-7-5-17(6-8-18)23(24,25)26/h5-10,19,29H,4,11-13H2,1-3H3. The number of benzene rings is 2. The zero-order valence-electron chi connectivity index (χ0n) is 18.5. The van der Waals surface area contributed by atoms with Gasteiger partial charge < -0.3 is 14.6 Å². The van der Waals surface area contributed by atoms with E-state index in [0.717, 1.165) is 28.8 Å². The third-order valence-electron chi connectivity index (χ3n) is 5.20. The van der Waals surface area contributed by atoms with E-state index in [9.17, 15) is 27.9 Å². The highest BCUT2D eigenvalue weighted by atomic mass is 19.4. The Morgan fingerprint density at radius 2 is 1.76 bits per heavy atom. The zero-order chi connectivity index (χ0) is 24.3. The number of nitrogens with zero attached hydrogens (tertiary/aromatic N) is 2. The van der Waals surface area contributed by atoms with Crippen LogP contribution in [-0.4, -0.2) is 48.0 Å². The van der Waals surface area contributed by atoms with Crippen LogP contribution in [-0.2, 0) is 22.3 Å². The number of β-amino-alcohol motifs (C(OH)–C–C–N with tert-alkyl or cyclic N) is 1. The van der Waals surface area contributed by atoms with Crippen molar-refractivity contribution in [2.24, 2.45) is 0 Å². The highest BCUT2D eigenvalue weighted by Gasteiger charge is 2.37. The Kier molecular flexibility index (Phi) is 7.16. The maximum absolute atomic E-state index is 12.9. The van der Waals surface area contributed by atoms with Crippen molar-refractivity contribution in [3.63, 3.8) is 0 Å². The van der Waals surface area contributed by atoms with Gasteiger partial charge in [0.1, 0.15) is 12.0 Å². The molecule has 0 spiro atoms. The fraction of sp³-hybridized carbons (Fsp3) is 0.391. The van der Waals surface area contributed by atoms with E-state index in [4.69, 9.17) is 9.47 Å². The summed E-state index contributed by atoms with van der Waals surface area (Å²) >= 11 is 0. The SMILES string of the molecule is CCOC(=O)COc1c(C)cc(CN2C(=O)N(c3ccc(C(F)(F)F)cc3)CC2O)cc1C. The maximum atomic E-state index is 12.9. The lowest BCUT2D eigenvalue weighted by Gasteiger charge is -2.21. The van der Waals surface area contributed by atoms with Crippen LogP contribution in [0.15, 0.2) is 36.4 Å². The van der Waals surface area contributed by atoms with Crippen molar-refractivity contribution in [1.29, 1.82) is 0 Å². The molecule has 178 valence electrons. The van der Waals surface area contributed by atoms with Crippen LogP contribution >= 0.6 is 0 Å². The number of esters is 1. The Hall–Kier alpha value is -3.27. The van der Waals surface area contributed by atoms with Crippen molar-refractivity contribution in [2.45, 2.75) is 39.7 Å². The van der Waals surface area contributed by atoms with Crippen LogP contribution in [0.25, 0.3) is 0 Å². The fourth-order valence-corrected chi connectivity index (χ4v) is 3.73. The van der Waals surface area contributed by atoms with E-state index in [1.807, 2.05) is 0 Å².